The van der Waals surface area contributed by atoms with Crippen molar-refractivity contribution >= 4 is 6.09 Å². The van der Waals surface area contributed by atoms with Crippen LogP contribution in [0.1, 0.15) is 64.0 Å². The number of aromatic nitrogens is 2. The second-order valence-electron chi connectivity index (χ2n) is 7.56. The number of nitrogens with zero attached hydrogens (tertiary/aromatic N) is 4. The van der Waals surface area contributed by atoms with Gasteiger partial charge in [-0.25, -0.2) is 4.79 Å². The van der Waals surface area contributed by atoms with Crippen LogP contribution in [0.4, 0.5) is 4.79 Å². The van der Waals surface area contributed by atoms with Gasteiger partial charge in [0, 0.05) is 43.5 Å². The van der Waals surface area contributed by atoms with Gasteiger partial charge in [0.25, 0.3) is 0 Å². The van der Waals surface area contributed by atoms with Crippen LogP contribution in [-0.4, -0.2) is 64.5 Å². The van der Waals surface area contributed by atoms with Crippen LogP contribution >= 0.6 is 0 Å². The topological polar surface area (TPSA) is 50.6 Å². The molecule has 0 aliphatic carbocycles. The summed E-state index contributed by atoms with van der Waals surface area (Å²) in [4.78, 5) is 16.5. The second kappa shape index (κ2) is 9.40. The minimum atomic E-state index is -0.143. The second-order valence-corrected chi connectivity index (χ2v) is 7.56. The van der Waals surface area contributed by atoms with E-state index in [4.69, 9.17) is 4.74 Å². The zero-order chi connectivity index (χ0) is 18.4. The third-order valence-electron chi connectivity index (χ3n) is 5.87. The molecule has 146 valence electrons. The zero-order valence-corrected chi connectivity index (χ0v) is 16.4. The van der Waals surface area contributed by atoms with Crippen molar-refractivity contribution in [3.05, 3.63) is 18.0 Å². The Bertz CT molecular complexity index is 566. The first-order valence-corrected chi connectivity index (χ1v) is 10.4. The quantitative estimate of drug-likeness (QED) is 0.805. The highest BCUT2D eigenvalue weighted by atomic mass is 16.6. The third kappa shape index (κ3) is 4.58. The van der Waals surface area contributed by atoms with E-state index < -0.39 is 0 Å². The van der Waals surface area contributed by atoms with Crippen molar-refractivity contribution in [2.45, 2.75) is 70.9 Å². The summed E-state index contributed by atoms with van der Waals surface area (Å²) in [5, 5.41) is 4.50. The van der Waals surface area contributed by atoms with E-state index in [1.165, 1.54) is 25.0 Å². The molecule has 2 fully saturated rings. The normalized spacial score (nSPS) is 23.0. The molecule has 2 aliphatic rings. The first-order chi connectivity index (χ1) is 12.7. The Labute approximate surface area is 157 Å². The van der Waals surface area contributed by atoms with Crippen molar-refractivity contribution in [2.75, 3.05) is 32.8 Å². The van der Waals surface area contributed by atoms with Crippen molar-refractivity contribution in [1.29, 1.82) is 0 Å². The van der Waals surface area contributed by atoms with Crippen molar-refractivity contribution in [1.82, 2.24) is 19.6 Å². The molecule has 1 atom stereocenters. The molecule has 2 aliphatic heterocycles. The van der Waals surface area contributed by atoms with Gasteiger partial charge in [-0.05, 0) is 64.6 Å². The Morgan fingerprint density at radius 3 is 2.69 bits per heavy atom. The van der Waals surface area contributed by atoms with Crippen LogP contribution in [0.2, 0.25) is 0 Å². The maximum absolute atomic E-state index is 12.0. The van der Waals surface area contributed by atoms with E-state index in [2.05, 4.69) is 27.7 Å². The molecule has 0 bridgehead atoms. The number of likely N-dealkylation sites (tertiary alicyclic amines) is 2. The monoisotopic (exact) mass is 362 g/mol. The fourth-order valence-corrected chi connectivity index (χ4v) is 4.49. The molecule has 1 aromatic heterocycles. The minimum absolute atomic E-state index is 0.143. The van der Waals surface area contributed by atoms with E-state index in [9.17, 15) is 4.79 Å². The van der Waals surface area contributed by atoms with Crippen LogP contribution < -0.4 is 0 Å². The average Bonchev–Trinajstić information content (AvgIpc) is 2.97. The van der Waals surface area contributed by atoms with Crippen LogP contribution in [-0.2, 0) is 11.3 Å². The van der Waals surface area contributed by atoms with Gasteiger partial charge >= 0.3 is 6.09 Å². The molecule has 0 N–H and O–H groups in total. The maximum Gasteiger partial charge on any atom is 0.409 e. The van der Waals surface area contributed by atoms with Gasteiger partial charge in [0.2, 0.25) is 0 Å². The molecule has 1 unspecified atom stereocenters. The van der Waals surface area contributed by atoms with E-state index in [1.54, 1.807) is 0 Å². The fraction of sp³-hybridized carbons (Fsp3) is 0.800. The molecular weight excluding hydrogens is 328 g/mol. The molecule has 6 heteroatoms. The number of aryl methyl sites for hydroxylation is 1. The van der Waals surface area contributed by atoms with Crippen LogP contribution in [0, 0.1) is 0 Å². The van der Waals surface area contributed by atoms with Crippen molar-refractivity contribution in [3.8, 4) is 0 Å². The lowest BCUT2D eigenvalue weighted by molar-refractivity contribution is 0.105. The minimum Gasteiger partial charge on any atom is -0.450 e. The summed E-state index contributed by atoms with van der Waals surface area (Å²) >= 11 is 0. The van der Waals surface area contributed by atoms with E-state index in [0.29, 0.717) is 18.6 Å². The molecule has 0 aromatic carbocycles. The number of amides is 1. The molecule has 2 saturated heterocycles. The maximum atomic E-state index is 12.0. The van der Waals surface area contributed by atoms with Gasteiger partial charge in [0.05, 0.1) is 6.61 Å². The smallest absolute Gasteiger partial charge is 0.409 e. The molecule has 3 heterocycles. The molecule has 1 amide bonds. The van der Waals surface area contributed by atoms with Crippen molar-refractivity contribution in [2.24, 2.45) is 0 Å². The van der Waals surface area contributed by atoms with Gasteiger partial charge in [0.1, 0.15) is 0 Å². The predicted molar refractivity (Wildman–Crippen MR) is 102 cm³/mol. The van der Waals surface area contributed by atoms with Crippen LogP contribution in [0.15, 0.2) is 12.3 Å². The number of hydrogen-bond acceptors (Lipinski definition) is 4. The average molecular weight is 363 g/mol. The van der Waals surface area contributed by atoms with E-state index in [-0.39, 0.29) is 6.09 Å². The Balaban J connectivity index is 1.50. The molecule has 0 saturated carbocycles. The Morgan fingerprint density at radius 1 is 1.15 bits per heavy atom. The van der Waals surface area contributed by atoms with Gasteiger partial charge in [-0.2, -0.15) is 5.10 Å². The van der Waals surface area contributed by atoms with E-state index in [0.717, 1.165) is 52.0 Å². The molecule has 26 heavy (non-hydrogen) atoms. The van der Waals surface area contributed by atoms with Crippen LogP contribution in [0.3, 0.4) is 0 Å². The molecular formula is C20H34N4O2. The fourth-order valence-electron chi connectivity index (χ4n) is 4.49. The lowest BCUT2D eigenvalue weighted by Gasteiger charge is -2.37. The van der Waals surface area contributed by atoms with Gasteiger partial charge in [0.15, 0.2) is 0 Å². The summed E-state index contributed by atoms with van der Waals surface area (Å²) in [7, 11) is 0. The molecule has 6 nitrogen and oxygen atoms in total. The highest BCUT2D eigenvalue weighted by Crippen LogP contribution is 2.30. The summed E-state index contributed by atoms with van der Waals surface area (Å²) in [6, 6.07) is 2.81. The molecule has 3 rings (SSSR count). The molecule has 0 radical (unpaired) electrons. The first-order valence-electron chi connectivity index (χ1n) is 10.4. The third-order valence-corrected chi connectivity index (χ3v) is 5.87. The standard InChI is InChI=1S/C20H34N4O2/c1-3-12-24-19(7-11-21-24)17-8-14-22(15-9-17)18-6-5-13-23(16-10-18)20(25)26-4-2/h7,11,17-18H,3-6,8-10,12-16H2,1-2H3. The van der Waals surface area contributed by atoms with Gasteiger partial charge in [-0.3, -0.25) is 4.68 Å². The zero-order valence-electron chi connectivity index (χ0n) is 16.4. The summed E-state index contributed by atoms with van der Waals surface area (Å²) in [6.45, 7) is 9.54. The summed E-state index contributed by atoms with van der Waals surface area (Å²) in [5.74, 6) is 0.641. The number of piperidine rings is 1. The van der Waals surface area contributed by atoms with Gasteiger partial charge < -0.3 is 14.5 Å². The highest BCUT2D eigenvalue weighted by Gasteiger charge is 2.29. The molecule has 1 aromatic rings. The molecule has 0 spiro atoms. The predicted octanol–water partition coefficient (Wildman–Crippen LogP) is 3.48. The van der Waals surface area contributed by atoms with Gasteiger partial charge in [-0.15, -0.1) is 0 Å². The van der Waals surface area contributed by atoms with Crippen LogP contribution in [0.25, 0.3) is 0 Å². The largest absolute Gasteiger partial charge is 0.450 e. The van der Waals surface area contributed by atoms with E-state index >= 15 is 0 Å². The van der Waals surface area contributed by atoms with Crippen LogP contribution in [0.5, 0.6) is 0 Å². The van der Waals surface area contributed by atoms with E-state index in [1.807, 2.05) is 18.0 Å². The first kappa shape index (κ1) is 19.2. The Morgan fingerprint density at radius 2 is 1.96 bits per heavy atom. The Kier molecular flexibility index (Phi) is 6.94. The van der Waals surface area contributed by atoms with Crippen molar-refractivity contribution < 1.29 is 9.53 Å². The number of carbonyl (C=O) groups is 1. The Hall–Kier alpha value is -1.56. The van der Waals surface area contributed by atoms with Crippen molar-refractivity contribution in [3.63, 3.8) is 0 Å². The van der Waals surface area contributed by atoms with Gasteiger partial charge in [-0.1, -0.05) is 6.92 Å². The number of carbonyl (C=O) groups excluding carboxylic acids is 1. The SMILES string of the molecule is CCCn1nccc1C1CCN(C2CCCN(C(=O)OCC)CC2)CC1. The number of rotatable bonds is 5. The lowest BCUT2D eigenvalue weighted by Crippen LogP contribution is -2.42. The number of hydrogen-bond donors (Lipinski definition) is 0. The summed E-state index contributed by atoms with van der Waals surface area (Å²) in [6.07, 6.45) is 8.70. The lowest BCUT2D eigenvalue weighted by atomic mass is 9.91. The summed E-state index contributed by atoms with van der Waals surface area (Å²) < 4.78 is 7.37. The number of ether oxygens (including phenoxy) is 1. The highest BCUT2D eigenvalue weighted by molar-refractivity contribution is 5.67. The summed E-state index contributed by atoms with van der Waals surface area (Å²) in [5.41, 5.74) is 1.42.